The normalized spacial score (nSPS) is 11.6. The van der Waals surface area contributed by atoms with E-state index >= 15 is 0 Å². The Morgan fingerprint density at radius 3 is 1.69 bits per heavy atom. The van der Waals surface area contributed by atoms with Gasteiger partial charge in [-0.2, -0.15) is 0 Å². The second-order valence-corrected chi connectivity index (χ2v) is 14.0. The summed E-state index contributed by atoms with van der Waals surface area (Å²) in [5, 5.41) is 9.44. The number of fused-ring (bicyclic) bond motifs is 7. The van der Waals surface area contributed by atoms with E-state index in [0.717, 1.165) is 44.1 Å². The third-order valence-electron chi connectivity index (χ3n) is 10.8. The largest absolute Gasteiger partial charge is 0.308 e. The number of hydrogen-bond acceptors (Lipinski definition) is 3. The Kier molecular flexibility index (Phi) is 7.14. The Labute approximate surface area is 317 Å². The highest BCUT2D eigenvalue weighted by Crippen LogP contribution is 2.40. The fraction of sp³-hybridized carbons (Fsp3) is 0. The molecule has 11 rings (SSSR count). The van der Waals surface area contributed by atoms with Crippen molar-refractivity contribution in [3.63, 3.8) is 0 Å². The summed E-state index contributed by atoms with van der Waals surface area (Å²) in [6.45, 7) is 0. The lowest BCUT2D eigenvalue weighted by molar-refractivity contribution is 1.08. The van der Waals surface area contributed by atoms with Crippen molar-refractivity contribution in [2.75, 3.05) is 0 Å². The van der Waals surface area contributed by atoms with E-state index in [9.17, 15) is 0 Å². The second kappa shape index (κ2) is 12.6. The first-order valence-electron chi connectivity index (χ1n) is 18.6. The van der Waals surface area contributed by atoms with Gasteiger partial charge in [0.05, 0.1) is 16.7 Å². The second-order valence-electron chi connectivity index (χ2n) is 14.0. The molecule has 0 bridgehead atoms. The number of aromatic nitrogens is 4. The summed E-state index contributed by atoms with van der Waals surface area (Å²) in [4.78, 5) is 15.6. The van der Waals surface area contributed by atoms with Crippen LogP contribution in [0.4, 0.5) is 0 Å². The minimum absolute atomic E-state index is 0.634. The van der Waals surface area contributed by atoms with E-state index in [-0.39, 0.29) is 0 Å². The van der Waals surface area contributed by atoms with Crippen LogP contribution in [0.15, 0.2) is 194 Å². The molecule has 4 heteroatoms. The van der Waals surface area contributed by atoms with Crippen LogP contribution < -0.4 is 0 Å². The SMILES string of the molecule is c1ccc(-c2ccc(-c3nc(-c4ccc5ccccc5c4)nc(-c4ccc(-n5c6ccccc6c6ccc7ccccc7c65)c5ccccc45)n3)cc2)cc1. The van der Waals surface area contributed by atoms with Gasteiger partial charge in [0.2, 0.25) is 0 Å². The van der Waals surface area contributed by atoms with Crippen molar-refractivity contribution in [2.24, 2.45) is 0 Å². The van der Waals surface area contributed by atoms with Crippen molar-refractivity contribution >= 4 is 54.1 Å². The molecule has 9 aromatic carbocycles. The van der Waals surface area contributed by atoms with Gasteiger partial charge in [-0.05, 0) is 56.9 Å². The first kappa shape index (κ1) is 31.1. The van der Waals surface area contributed by atoms with Crippen LogP contribution in [0.2, 0.25) is 0 Å². The molecule has 0 saturated carbocycles. The number of hydrogen-bond donors (Lipinski definition) is 0. The molecule has 4 nitrogen and oxygen atoms in total. The topological polar surface area (TPSA) is 43.6 Å². The molecule has 55 heavy (non-hydrogen) atoms. The molecule has 0 amide bonds. The Bertz CT molecular complexity index is 3250. The highest BCUT2D eigenvalue weighted by molar-refractivity contribution is 6.19. The molecule has 256 valence electrons. The van der Waals surface area contributed by atoms with Crippen molar-refractivity contribution in [3.05, 3.63) is 194 Å². The van der Waals surface area contributed by atoms with Crippen LogP contribution in [-0.4, -0.2) is 19.5 Å². The van der Waals surface area contributed by atoms with Crippen LogP contribution in [0.3, 0.4) is 0 Å². The summed E-state index contributed by atoms with van der Waals surface area (Å²) in [6, 6.07) is 68.7. The molecule has 0 aliphatic carbocycles. The number of benzene rings is 9. The van der Waals surface area contributed by atoms with Gasteiger partial charge in [-0.1, -0.05) is 170 Å². The quantitative estimate of drug-likeness (QED) is 0.179. The Balaban J connectivity index is 1.14. The third kappa shape index (κ3) is 5.19. The van der Waals surface area contributed by atoms with Crippen LogP contribution in [0, 0.1) is 0 Å². The van der Waals surface area contributed by atoms with Crippen LogP contribution in [0.1, 0.15) is 0 Å². The van der Waals surface area contributed by atoms with Crippen molar-refractivity contribution in [1.29, 1.82) is 0 Å². The van der Waals surface area contributed by atoms with Crippen molar-refractivity contribution in [2.45, 2.75) is 0 Å². The van der Waals surface area contributed by atoms with E-state index in [0.29, 0.717) is 17.5 Å². The average molecular weight is 701 g/mol. The van der Waals surface area contributed by atoms with Crippen LogP contribution >= 0.6 is 0 Å². The molecule has 2 aromatic heterocycles. The Hall–Kier alpha value is -7.43. The standard InChI is InChI=1S/C51H32N4/c1-2-12-33(13-3-1)35-22-25-37(26-23-35)49-52-50(39-27-24-34-14-4-5-16-38(34)32-39)54-51(53-49)45-30-31-47(42-19-9-8-18-41(42)45)55-46-21-11-10-20-43(46)44-29-28-36-15-6-7-17-40(36)48(44)55/h1-32H. The van der Waals surface area contributed by atoms with Gasteiger partial charge in [0.1, 0.15) is 0 Å². The molecule has 0 N–H and O–H groups in total. The summed E-state index contributed by atoms with van der Waals surface area (Å²) < 4.78 is 2.44. The van der Waals surface area contributed by atoms with Crippen molar-refractivity contribution in [1.82, 2.24) is 19.5 Å². The summed E-state index contributed by atoms with van der Waals surface area (Å²) in [6.07, 6.45) is 0. The van der Waals surface area contributed by atoms with Crippen LogP contribution in [0.25, 0.3) is 105 Å². The zero-order valence-electron chi connectivity index (χ0n) is 29.8. The zero-order valence-corrected chi connectivity index (χ0v) is 29.8. The number of para-hydroxylation sites is 1. The van der Waals surface area contributed by atoms with Gasteiger partial charge in [-0.25, -0.2) is 15.0 Å². The van der Waals surface area contributed by atoms with E-state index in [2.05, 4.69) is 193 Å². The Morgan fingerprint density at radius 2 is 0.873 bits per heavy atom. The van der Waals surface area contributed by atoms with Gasteiger partial charge in [0.25, 0.3) is 0 Å². The molecule has 0 fully saturated rings. The zero-order chi connectivity index (χ0) is 36.3. The maximum Gasteiger partial charge on any atom is 0.164 e. The fourth-order valence-corrected chi connectivity index (χ4v) is 8.18. The molecule has 2 heterocycles. The number of nitrogens with zero attached hydrogens (tertiary/aromatic N) is 4. The minimum atomic E-state index is 0.634. The molecule has 0 radical (unpaired) electrons. The predicted octanol–water partition coefficient (Wildman–Crippen LogP) is 13.1. The van der Waals surface area contributed by atoms with Gasteiger partial charge in [0.15, 0.2) is 17.5 Å². The lowest BCUT2D eigenvalue weighted by Crippen LogP contribution is -2.02. The molecule has 0 aliphatic heterocycles. The predicted molar refractivity (Wildman–Crippen MR) is 228 cm³/mol. The van der Waals surface area contributed by atoms with E-state index in [1.807, 2.05) is 6.07 Å². The maximum absolute atomic E-state index is 5.23. The van der Waals surface area contributed by atoms with Gasteiger partial charge >= 0.3 is 0 Å². The monoisotopic (exact) mass is 700 g/mol. The third-order valence-corrected chi connectivity index (χ3v) is 10.8. The molecule has 0 saturated heterocycles. The van der Waals surface area contributed by atoms with E-state index in [1.165, 1.54) is 43.5 Å². The molecular formula is C51H32N4. The van der Waals surface area contributed by atoms with Crippen LogP contribution in [0.5, 0.6) is 0 Å². The number of rotatable bonds is 5. The first-order chi connectivity index (χ1) is 27.3. The maximum atomic E-state index is 5.23. The van der Waals surface area contributed by atoms with Crippen molar-refractivity contribution < 1.29 is 0 Å². The van der Waals surface area contributed by atoms with Crippen molar-refractivity contribution in [3.8, 4) is 51.0 Å². The van der Waals surface area contributed by atoms with Crippen LogP contribution in [-0.2, 0) is 0 Å². The summed E-state index contributed by atoms with van der Waals surface area (Å²) >= 11 is 0. The highest BCUT2D eigenvalue weighted by atomic mass is 15.0. The lowest BCUT2D eigenvalue weighted by atomic mass is 10.0. The first-order valence-corrected chi connectivity index (χ1v) is 18.6. The summed E-state index contributed by atoms with van der Waals surface area (Å²) in [5.74, 6) is 1.91. The Morgan fingerprint density at radius 1 is 0.309 bits per heavy atom. The van der Waals surface area contributed by atoms with Gasteiger partial charge < -0.3 is 4.57 Å². The smallest absolute Gasteiger partial charge is 0.164 e. The lowest BCUT2D eigenvalue weighted by Gasteiger charge is -2.16. The molecule has 0 spiro atoms. The molecular weight excluding hydrogens is 669 g/mol. The molecule has 0 unspecified atom stereocenters. The van der Waals surface area contributed by atoms with Gasteiger partial charge in [-0.15, -0.1) is 0 Å². The highest BCUT2D eigenvalue weighted by Gasteiger charge is 2.20. The molecule has 11 aromatic rings. The molecule has 0 aliphatic rings. The average Bonchev–Trinajstić information content (AvgIpc) is 3.61. The fourth-order valence-electron chi connectivity index (χ4n) is 8.18. The van der Waals surface area contributed by atoms with Gasteiger partial charge in [-0.3, -0.25) is 0 Å². The van der Waals surface area contributed by atoms with E-state index < -0.39 is 0 Å². The van der Waals surface area contributed by atoms with E-state index in [4.69, 9.17) is 15.0 Å². The van der Waals surface area contributed by atoms with E-state index in [1.54, 1.807) is 0 Å². The van der Waals surface area contributed by atoms with Gasteiger partial charge in [0, 0.05) is 38.2 Å². The summed E-state index contributed by atoms with van der Waals surface area (Å²) in [7, 11) is 0. The summed E-state index contributed by atoms with van der Waals surface area (Å²) in [5.41, 5.74) is 8.65. The molecule has 0 atom stereocenters. The minimum Gasteiger partial charge on any atom is -0.308 e.